The third kappa shape index (κ3) is 9.03. The number of rotatable bonds is 12. The van der Waals surface area contributed by atoms with E-state index in [0.29, 0.717) is 18.7 Å². The minimum absolute atomic E-state index is 0.0542. The Bertz CT molecular complexity index is 1600. The van der Waals surface area contributed by atoms with E-state index in [-0.39, 0.29) is 18.1 Å². The number of esters is 2. The molecule has 45 heavy (non-hydrogen) atoms. The van der Waals surface area contributed by atoms with Crippen molar-refractivity contribution >= 4 is 46.2 Å². The zero-order valence-electron chi connectivity index (χ0n) is 24.5. The van der Waals surface area contributed by atoms with Gasteiger partial charge in [0, 0.05) is 13.1 Å². The summed E-state index contributed by atoms with van der Waals surface area (Å²) in [6.07, 6.45) is -1.91. The van der Waals surface area contributed by atoms with Gasteiger partial charge < -0.3 is 26.0 Å². The van der Waals surface area contributed by atoms with E-state index in [1.165, 1.54) is 4.90 Å². The number of amides is 2. The van der Waals surface area contributed by atoms with E-state index >= 15 is 0 Å². The lowest BCUT2D eigenvalue weighted by atomic mass is 10.0. The first-order valence-corrected chi connectivity index (χ1v) is 14.5. The van der Waals surface area contributed by atoms with Crippen molar-refractivity contribution in [3.05, 3.63) is 77.4 Å². The molecule has 0 atom stereocenters. The minimum atomic E-state index is -5.34. The highest BCUT2D eigenvalue weighted by Crippen LogP contribution is 2.30. The van der Waals surface area contributed by atoms with Crippen LogP contribution in [0, 0.1) is 0 Å². The maximum Gasteiger partial charge on any atom is 0.491 e. The monoisotopic (exact) mass is 625 g/mol. The highest BCUT2D eigenvalue weighted by molar-refractivity contribution is 6.09. The summed E-state index contributed by atoms with van der Waals surface area (Å²) in [5.41, 5.74) is 13.0. The molecule has 3 aromatic carbocycles. The van der Waals surface area contributed by atoms with Crippen molar-refractivity contribution in [3.63, 3.8) is 0 Å². The number of hydrogen-bond donors (Lipinski definition) is 2. The van der Waals surface area contributed by atoms with Crippen LogP contribution in [0.25, 0.3) is 10.8 Å². The maximum absolute atomic E-state index is 13.7. The summed E-state index contributed by atoms with van der Waals surface area (Å²) in [6.45, 7) is -0.135. The Morgan fingerprint density at radius 3 is 2.33 bits per heavy atom. The van der Waals surface area contributed by atoms with E-state index in [9.17, 15) is 32.3 Å². The Morgan fingerprint density at radius 2 is 1.60 bits per heavy atom. The number of guanidine groups is 1. The number of aliphatic imine (C=N–C) groups is 1. The molecule has 1 aliphatic heterocycles. The predicted molar refractivity (Wildman–Crippen MR) is 162 cm³/mol. The standard InChI is InChI=1S/C32H34F3N5O5/c33-32(34,35)30(44)45-28(42)14-16-39-20-27(41)40(19-22-10-12-23-8-4-5-9-24(23)17-22)26-13-11-21(18-25(26)29(39)43)7-3-1-2-6-15-38-31(36)37/h4-5,8-13,17-18H,1-3,6-7,14-16,19-20H2,(H4,36,37,38). The van der Waals surface area contributed by atoms with Crippen LogP contribution in [-0.4, -0.2) is 60.4 Å². The average molecular weight is 626 g/mol. The number of fused-ring (bicyclic) bond motifs is 2. The molecular weight excluding hydrogens is 591 g/mol. The third-order valence-electron chi connectivity index (χ3n) is 7.34. The Kier molecular flexibility index (Phi) is 10.8. The Hall–Kier alpha value is -4.94. The smallest absolute Gasteiger partial charge is 0.386 e. The molecule has 0 aromatic heterocycles. The molecule has 0 aliphatic carbocycles. The van der Waals surface area contributed by atoms with Crippen molar-refractivity contribution in [1.82, 2.24) is 4.90 Å². The van der Waals surface area contributed by atoms with Gasteiger partial charge in [-0.2, -0.15) is 13.2 Å². The molecule has 0 radical (unpaired) electrons. The molecule has 1 aliphatic rings. The fourth-order valence-electron chi connectivity index (χ4n) is 5.09. The number of alkyl halides is 3. The molecule has 0 saturated carbocycles. The van der Waals surface area contributed by atoms with E-state index in [0.717, 1.165) is 52.5 Å². The van der Waals surface area contributed by atoms with Gasteiger partial charge in [-0.3, -0.25) is 19.4 Å². The van der Waals surface area contributed by atoms with Gasteiger partial charge in [0.1, 0.15) is 6.54 Å². The fraction of sp³-hybridized carbons (Fsp3) is 0.344. The number of nitrogens with two attached hydrogens (primary N) is 2. The van der Waals surface area contributed by atoms with Gasteiger partial charge in [-0.1, -0.05) is 55.3 Å². The van der Waals surface area contributed by atoms with Crippen LogP contribution in [0.5, 0.6) is 0 Å². The largest absolute Gasteiger partial charge is 0.491 e. The number of anilines is 1. The molecule has 4 N–H and O–H groups in total. The number of hydrogen-bond acceptors (Lipinski definition) is 6. The topological polar surface area (TPSA) is 148 Å². The molecule has 13 heteroatoms. The average Bonchev–Trinajstić information content (AvgIpc) is 3.09. The summed E-state index contributed by atoms with van der Waals surface area (Å²) in [4.78, 5) is 56.9. The molecule has 10 nitrogen and oxygen atoms in total. The number of halogens is 3. The van der Waals surface area contributed by atoms with Crippen molar-refractivity contribution in [2.24, 2.45) is 16.5 Å². The first kappa shape index (κ1) is 33.0. The number of benzene rings is 3. The summed E-state index contributed by atoms with van der Waals surface area (Å²) in [7, 11) is 0. The number of carbonyl (C=O) groups is 4. The Labute approximate surface area is 257 Å². The quantitative estimate of drug-likeness (QED) is 0.101. The third-order valence-corrected chi connectivity index (χ3v) is 7.34. The van der Waals surface area contributed by atoms with Crippen molar-refractivity contribution < 1.29 is 37.1 Å². The van der Waals surface area contributed by atoms with Crippen LogP contribution in [0.15, 0.2) is 65.7 Å². The van der Waals surface area contributed by atoms with E-state index in [1.807, 2.05) is 48.5 Å². The molecule has 3 aromatic rings. The second-order valence-corrected chi connectivity index (χ2v) is 10.7. The summed E-state index contributed by atoms with van der Waals surface area (Å²) < 4.78 is 41.4. The molecule has 1 heterocycles. The second kappa shape index (κ2) is 14.7. The zero-order chi connectivity index (χ0) is 32.6. The number of aryl methyl sites for hydroxylation is 1. The van der Waals surface area contributed by atoms with Gasteiger partial charge in [-0.15, -0.1) is 0 Å². The highest BCUT2D eigenvalue weighted by atomic mass is 19.4. The van der Waals surface area contributed by atoms with Crippen LogP contribution in [0.3, 0.4) is 0 Å². The van der Waals surface area contributed by atoms with Gasteiger partial charge in [-0.25, -0.2) is 4.79 Å². The van der Waals surface area contributed by atoms with Crippen LogP contribution in [-0.2, 0) is 32.1 Å². The molecule has 238 valence electrons. The number of carbonyl (C=O) groups excluding carboxylic acids is 4. The van der Waals surface area contributed by atoms with E-state index in [4.69, 9.17) is 11.5 Å². The minimum Gasteiger partial charge on any atom is -0.386 e. The van der Waals surface area contributed by atoms with E-state index < -0.39 is 49.4 Å². The van der Waals surface area contributed by atoms with Crippen LogP contribution < -0.4 is 16.4 Å². The highest BCUT2D eigenvalue weighted by Gasteiger charge is 2.42. The normalized spacial score (nSPS) is 13.4. The van der Waals surface area contributed by atoms with E-state index in [1.54, 1.807) is 12.1 Å². The Morgan fingerprint density at radius 1 is 0.889 bits per heavy atom. The van der Waals surface area contributed by atoms with E-state index in [2.05, 4.69) is 9.73 Å². The van der Waals surface area contributed by atoms with Crippen molar-refractivity contribution in [2.75, 3.05) is 24.5 Å². The summed E-state index contributed by atoms with van der Waals surface area (Å²) in [5, 5.41) is 2.01. The van der Waals surface area contributed by atoms with Crippen LogP contribution in [0.2, 0.25) is 0 Å². The van der Waals surface area contributed by atoms with Crippen molar-refractivity contribution in [1.29, 1.82) is 0 Å². The number of nitrogens with zero attached hydrogens (tertiary/aromatic N) is 3. The fourth-order valence-corrected chi connectivity index (χ4v) is 5.09. The summed E-state index contributed by atoms with van der Waals surface area (Å²) in [6, 6.07) is 18.9. The van der Waals surface area contributed by atoms with Crippen LogP contribution in [0.1, 0.15) is 53.6 Å². The lowest BCUT2D eigenvalue weighted by Gasteiger charge is -2.23. The zero-order valence-corrected chi connectivity index (χ0v) is 24.5. The second-order valence-electron chi connectivity index (χ2n) is 10.7. The van der Waals surface area contributed by atoms with Gasteiger partial charge >= 0.3 is 18.1 Å². The first-order chi connectivity index (χ1) is 21.4. The molecular formula is C32H34F3N5O5. The summed E-state index contributed by atoms with van der Waals surface area (Å²) in [5.74, 6) is -5.04. The molecule has 0 saturated heterocycles. The number of unbranched alkanes of at least 4 members (excludes halogenated alkanes) is 3. The van der Waals surface area contributed by atoms with Gasteiger partial charge in [0.05, 0.1) is 24.2 Å². The SMILES string of the molecule is NC(N)=NCCCCCCc1ccc2c(c1)C(=O)N(CCC(=O)OC(=O)C(F)(F)F)CC(=O)N2Cc1ccc2ccccc2c1. The lowest BCUT2D eigenvalue weighted by molar-refractivity contribution is -0.201. The molecule has 4 rings (SSSR count). The molecule has 0 fully saturated rings. The predicted octanol–water partition coefficient (Wildman–Crippen LogP) is 4.23. The van der Waals surface area contributed by atoms with Crippen LogP contribution in [0.4, 0.5) is 18.9 Å². The van der Waals surface area contributed by atoms with Gasteiger partial charge in [0.25, 0.3) is 5.91 Å². The first-order valence-electron chi connectivity index (χ1n) is 14.5. The van der Waals surface area contributed by atoms with Crippen molar-refractivity contribution in [2.45, 2.75) is 51.2 Å². The molecule has 0 unspecified atom stereocenters. The molecule has 0 spiro atoms. The molecule has 0 bridgehead atoms. The Balaban J connectivity index is 1.54. The molecule has 2 amide bonds. The summed E-state index contributed by atoms with van der Waals surface area (Å²) >= 11 is 0. The van der Waals surface area contributed by atoms with Crippen molar-refractivity contribution in [3.8, 4) is 0 Å². The maximum atomic E-state index is 13.7. The van der Waals surface area contributed by atoms with Gasteiger partial charge in [-0.05, 0) is 59.4 Å². The van der Waals surface area contributed by atoms with Gasteiger partial charge in [0.15, 0.2) is 5.96 Å². The number of ether oxygens (including phenoxy) is 1. The lowest BCUT2D eigenvalue weighted by Crippen LogP contribution is -2.40. The van der Waals surface area contributed by atoms with Gasteiger partial charge in [0.2, 0.25) is 5.91 Å². The van der Waals surface area contributed by atoms with Crippen LogP contribution >= 0.6 is 0 Å².